The maximum Gasteiger partial charge on any atom is 0.266 e. The Morgan fingerprint density at radius 3 is 2.30 bits per heavy atom. The smallest absolute Gasteiger partial charge is 0.266 e. The third-order valence-corrected chi connectivity index (χ3v) is 5.68. The van der Waals surface area contributed by atoms with Crippen molar-refractivity contribution in [2.75, 3.05) is 0 Å². The van der Waals surface area contributed by atoms with Crippen molar-refractivity contribution >= 4 is 50.8 Å². The molecule has 0 radical (unpaired) electrons. The Morgan fingerprint density at radius 2 is 1.70 bits per heavy atom. The third-order valence-electron chi connectivity index (χ3n) is 5.24. The van der Waals surface area contributed by atoms with Gasteiger partial charge in [-0.15, -0.1) is 0 Å². The molecule has 5 nitrogen and oxygen atoms in total. The van der Waals surface area contributed by atoms with E-state index in [4.69, 9.17) is 16.6 Å². The van der Waals surface area contributed by atoms with E-state index in [2.05, 4.69) is 0 Å². The minimum Gasteiger partial charge on any atom is -0.438 e. The van der Waals surface area contributed by atoms with E-state index in [0.29, 0.717) is 45.5 Å². The molecule has 4 aromatic rings. The predicted molar refractivity (Wildman–Crippen MR) is 110 cm³/mol. The number of hydrogen-bond acceptors (Lipinski definition) is 4. The van der Waals surface area contributed by atoms with E-state index in [1.54, 1.807) is 4.57 Å². The van der Waals surface area contributed by atoms with Crippen LogP contribution in [0.5, 0.6) is 0 Å². The van der Waals surface area contributed by atoms with Crippen LogP contribution in [-0.2, 0) is 13.1 Å². The van der Waals surface area contributed by atoms with E-state index < -0.39 is 0 Å². The van der Waals surface area contributed by atoms with Gasteiger partial charge in [0.05, 0.1) is 5.56 Å². The summed E-state index contributed by atoms with van der Waals surface area (Å²) in [6.07, 6.45) is 0. The lowest BCUT2D eigenvalue weighted by Gasteiger charge is -2.10. The molecule has 2 heterocycles. The normalized spacial score (nSPS) is 11.7. The van der Waals surface area contributed by atoms with Crippen molar-refractivity contribution in [3.05, 3.63) is 50.5 Å². The second-order valence-corrected chi connectivity index (χ2v) is 7.03. The first-order chi connectivity index (χ1) is 12.9. The van der Waals surface area contributed by atoms with E-state index in [1.807, 2.05) is 49.6 Å². The fourth-order valence-electron chi connectivity index (χ4n) is 4.01. The average molecular weight is 380 g/mol. The molecule has 0 saturated heterocycles. The van der Waals surface area contributed by atoms with Gasteiger partial charge in [-0.1, -0.05) is 24.3 Å². The molecule has 0 saturated carbocycles. The molecule has 6 heteroatoms. The first-order valence-electron chi connectivity index (χ1n) is 9.04. The van der Waals surface area contributed by atoms with Gasteiger partial charge in [0.1, 0.15) is 11.0 Å². The molecule has 0 bridgehead atoms. The fourth-order valence-corrected chi connectivity index (χ4v) is 4.43. The van der Waals surface area contributed by atoms with Crippen LogP contribution >= 0.6 is 12.2 Å². The van der Waals surface area contributed by atoms with Crippen molar-refractivity contribution in [1.82, 2.24) is 9.13 Å². The maximum absolute atomic E-state index is 13.3. The van der Waals surface area contributed by atoms with E-state index in [0.717, 1.165) is 16.3 Å². The molecule has 2 aromatic heterocycles. The molecule has 0 aliphatic carbocycles. The van der Waals surface area contributed by atoms with Crippen molar-refractivity contribution in [2.45, 2.75) is 40.8 Å². The molecule has 0 unspecified atom stereocenters. The molecule has 0 N–H and O–H groups in total. The summed E-state index contributed by atoms with van der Waals surface area (Å²) in [5.41, 5.74) is 2.12. The van der Waals surface area contributed by atoms with Gasteiger partial charge in [0.2, 0.25) is 5.71 Å². The number of Topliss-reactive ketones (excluding diaryl/α,β-unsaturated/α-hetero) is 1. The number of nitrogens with zero attached hydrogens (tertiary/aromatic N) is 2. The summed E-state index contributed by atoms with van der Waals surface area (Å²) in [6.45, 7) is 8.35. The van der Waals surface area contributed by atoms with E-state index in [9.17, 15) is 9.59 Å². The van der Waals surface area contributed by atoms with Crippen LogP contribution in [0.2, 0.25) is 0 Å². The zero-order valence-electron chi connectivity index (χ0n) is 15.8. The third kappa shape index (κ3) is 2.26. The molecule has 138 valence electrons. The van der Waals surface area contributed by atoms with E-state index >= 15 is 0 Å². The summed E-state index contributed by atoms with van der Waals surface area (Å²) < 4.78 is 10.0. The van der Waals surface area contributed by atoms with Gasteiger partial charge in [-0.25, -0.2) is 0 Å². The van der Waals surface area contributed by atoms with Crippen molar-refractivity contribution in [1.29, 1.82) is 0 Å². The van der Waals surface area contributed by atoms with Crippen LogP contribution in [0.25, 0.3) is 32.8 Å². The largest absolute Gasteiger partial charge is 0.438 e. The lowest BCUT2D eigenvalue weighted by Crippen LogP contribution is -2.24. The van der Waals surface area contributed by atoms with Gasteiger partial charge in [-0.3, -0.25) is 18.7 Å². The number of hydrogen-bond donors (Lipinski definition) is 0. The molecule has 0 atom stereocenters. The Balaban J connectivity index is 2.47. The lowest BCUT2D eigenvalue weighted by molar-refractivity contribution is 0.101. The van der Waals surface area contributed by atoms with Gasteiger partial charge in [0, 0.05) is 18.5 Å². The summed E-state index contributed by atoms with van der Waals surface area (Å²) >= 11 is 5.51. The number of benzene rings is 2. The van der Waals surface area contributed by atoms with Gasteiger partial charge in [-0.05, 0) is 56.2 Å². The van der Waals surface area contributed by atoms with Crippen molar-refractivity contribution in [3.8, 4) is 0 Å². The van der Waals surface area contributed by atoms with E-state index in [-0.39, 0.29) is 11.3 Å². The van der Waals surface area contributed by atoms with Gasteiger partial charge < -0.3 is 4.42 Å². The molecule has 0 aliphatic heterocycles. The van der Waals surface area contributed by atoms with Gasteiger partial charge >= 0.3 is 0 Å². The second kappa shape index (κ2) is 6.16. The average Bonchev–Trinajstić information content (AvgIpc) is 3.02. The molecule has 0 amide bonds. The Kier molecular flexibility index (Phi) is 4.03. The Morgan fingerprint density at radius 1 is 1.07 bits per heavy atom. The number of aryl methyl sites for hydroxylation is 2. The predicted octanol–water partition coefficient (Wildman–Crippen LogP) is 4.98. The van der Waals surface area contributed by atoms with Crippen LogP contribution in [-0.4, -0.2) is 14.9 Å². The number of ketones is 1. The second-order valence-electron chi connectivity index (χ2n) is 6.66. The Bertz CT molecular complexity index is 1370. The Labute approximate surface area is 160 Å². The highest BCUT2D eigenvalue weighted by molar-refractivity contribution is 7.71. The van der Waals surface area contributed by atoms with Crippen molar-refractivity contribution < 1.29 is 9.21 Å². The highest BCUT2D eigenvalue weighted by Crippen LogP contribution is 2.38. The van der Waals surface area contributed by atoms with Gasteiger partial charge in [0.15, 0.2) is 10.6 Å². The maximum atomic E-state index is 13.3. The number of carbonyl (C=O) groups is 1. The van der Waals surface area contributed by atoms with Gasteiger partial charge in [-0.2, -0.15) is 0 Å². The summed E-state index contributed by atoms with van der Waals surface area (Å²) in [5.74, 6) is -0.0835. The monoisotopic (exact) mass is 380 g/mol. The van der Waals surface area contributed by atoms with Crippen LogP contribution < -0.4 is 5.56 Å². The van der Waals surface area contributed by atoms with Gasteiger partial charge in [0.25, 0.3) is 5.56 Å². The first-order valence-corrected chi connectivity index (χ1v) is 9.45. The van der Waals surface area contributed by atoms with Crippen LogP contribution in [0.15, 0.2) is 33.5 Å². The minimum absolute atomic E-state index is 0.0835. The number of rotatable bonds is 3. The highest BCUT2D eigenvalue weighted by atomic mass is 32.1. The molecular formula is C21H20N2O3S. The minimum atomic E-state index is -0.176. The quantitative estimate of drug-likeness (QED) is 0.371. The number of furan rings is 1. The van der Waals surface area contributed by atoms with Crippen LogP contribution in [0.3, 0.4) is 0 Å². The topological polar surface area (TPSA) is 57.1 Å². The summed E-state index contributed by atoms with van der Waals surface area (Å²) in [6, 6.07) is 7.81. The van der Waals surface area contributed by atoms with Crippen molar-refractivity contribution in [2.24, 2.45) is 0 Å². The molecule has 0 fully saturated rings. The molecular weight excluding hydrogens is 360 g/mol. The molecule has 0 spiro atoms. The summed E-state index contributed by atoms with van der Waals surface area (Å²) in [7, 11) is 0. The lowest BCUT2D eigenvalue weighted by atomic mass is 9.94. The fraction of sp³-hybridized carbons (Fsp3) is 0.286. The Hall–Kier alpha value is -2.73. The van der Waals surface area contributed by atoms with E-state index in [1.165, 1.54) is 6.92 Å². The molecule has 27 heavy (non-hydrogen) atoms. The standard InChI is InChI=1S/C21H20N2O3S/c1-5-22-19(25)17-16-14-10-8-7-9-13(14)11(3)15(12(4)24)18(16)26-20(17)23(6-2)21(22)27/h7-10H,5-6H2,1-4H3. The number of aromatic nitrogens is 2. The number of fused-ring (bicyclic) bond motifs is 5. The molecule has 2 aromatic carbocycles. The number of carbonyl (C=O) groups excluding carboxylic acids is 1. The highest BCUT2D eigenvalue weighted by Gasteiger charge is 2.24. The summed E-state index contributed by atoms with van der Waals surface area (Å²) in [5, 5.41) is 3.04. The zero-order valence-corrected chi connectivity index (χ0v) is 16.6. The molecule has 4 rings (SSSR count). The zero-order chi connectivity index (χ0) is 19.5. The first kappa shape index (κ1) is 17.7. The molecule has 0 aliphatic rings. The van der Waals surface area contributed by atoms with Crippen molar-refractivity contribution in [3.63, 3.8) is 0 Å². The summed E-state index contributed by atoms with van der Waals surface area (Å²) in [4.78, 5) is 25.7. The van der Waals surface area contributed by atoms with Crippen LogP contribution in [0.1, 0.15) is 36.7 Å². The van der Waals surface area contributed by atoms with Crippen LogP contribution in [0, 0.1) is 11.7 Å². The van der Waals surface area contributed by atoms with Crippen LogP contribution in [0.4, 0.5) is 0 Å². The SMILES string of the molecule is CCn1c(=O)c2c3c(oc2n(CC)c1=S)c(C(C)=O)c(C)c1ccccc13.